The van der Waals surface area contributed by atoms with Crippen LogP contribution in [0.4, 0.5) is 0 Å². The van der Waals surface area contributed by atoms with Crippen LogP contribution in [0.25, 0.3) is 0 Å². The third-order valence-electron chi connectivity index (χ3n) is 3.87. The van der Waals surface area contributed by atoms with Gasteiger partial charge in [-0.2, -0.15) is 0 Å². The lowest BCUT2D eigenvalue weighted by Gasteiger charge is -2.37. The summed E-state index contributed by atoms with van der Waals surface area (Å²) in [6.07, 6.45) is 2.22. The second kappa shape index (κ2) is 6.71. The minimum Gasteiger partial charge on any atom is -0.338 e. The Hall–Kier alpha value is -1.35. The summed E-state index contributed by atoms with van der Waals surface area (Å²) in [5.74, 6) is 0.689. The van der Waals surface area contributed by atoms with E-state index in [2.05, 4.69) is 19.2 Å². The van der Waals surface area contributed by atoms with E-state index in [0.717, 1.165) is 38.0 Å². The fourth-order valence-electron chi connectivity index (χ4n) is 2.73. The first-order valence-electron chi connectivity index (χ1n) is 7.30. The molecule has 1 aliphatic heterocycles. The molecule has 2 rings (SSSR count). The van der Waals surface area contributed by atoms with Gasteiger partial charge in [0.15, 0.2) is 0 Å². The van der Waals surface area contributed by atoms with Crippen molar-refractivity contribution in [3.8, 4) is 0 Å². The lowest BCUT2D eigenvalue weighted by Crippen LogP contribution is -2.50. The number of nitrogens with zero attached hydrogens (tertiary/aromatic N) is 1. The highest BCUT2D eigenvalue weighted by Gasteiger charge is 2.28. The highest BCUT2D eigenvalue weighted by molar-refractivity contribution is 5.94. The van der Waals surface area contributed by atoms with E-state index in [4.69, 9.17) is 0 Å². The van der Waals surface area contributed by atoms with E-state index < -0.39 is 0 Å². The Bertz CT molecular complexity index is 404. The maximum absolute atomic E-state index is 12.4. The number of likely N-dealkylation sites (tertiary alicyclic amines) is 1. The van der Waals surface area contributed by atoms with E-state index >= 15 is 0 Å². The average molecular weight is 260 g/mol. The summed E-state index contributed by atoms with van der Waals surface area (Å²) in [5, 5.41) is 3.58. The van der Waals surface area contributed by atoms with Crippen LogP contribution in [-0.4, -0.2) is 36.5 Å². The molecule has 104 valence electrons. The Labute approximate surface area is 116 Å². The zero-order valence-electron chi connectivity index (χ0n) is 11.9. The number of piperidine rings is 1. The van der Waals surface area contributed by atoms with Gasteiger partial charge in [0.05, 0.1) is 0 Å². The van der Waals surface area contributed by atoms with E-state index in [9.17, 15) is 4.79 Å². The maximum Gasteiger partial charge on any atom is 0.253 e. The van der Waals surface area contributed by atoms with Gasteiger partial charge in [0.2, 0.25) is 0 Å². The van der Waals surface area contributed by atoms with Crippen molar-refractivity contribution in [1.29, 1.82) is 0 Å². The summed E-state index contributed by atoms with van der Waals surface area (Å²) in [5.41, 5.74) is 0.801. The standard InChI is InChI=1S/C16H24N2O/c1-3-10-17-15-9-11-18(12-13(15)2)16(19)14-7-5-4-6-8-14/h4-8,13,15,17H,3,9-12H2,1-2H3. The first kappa shape index (κ1) is 14.1. The maximum atomic E-state index is 12.4. The van der Waals surface area contributed by atoms with Crippen LogP contribution in [0.2, 0.25) is 0 Å². The molecule has 2 unspecified atom stereocenters. The molecule has 3 heteroatoms. The number of carbonyl (C=O) groups excluding carboxylic acids is 1. The number of amides is 1. The average Bonchev–Trinajstić information content (AvgIpc) is 2.46. The molecule has 1 saturated heterocycles. The number of carbonyl (C=O) groups is 1. The number of benzene rings is 1. The molecule has 3 nitrogen and oxygen atoms in total. The molecular weight excluding hydrogens is 236 g/mol. The molecule has 1 fully saturated rings. The highest BCUT2D eigenvalue weighted by Crippen LogP contribution is 2.19. The van der Waals surface area contributed by atoms with Gasteiger partial charge >= 0.3 is 0 Å². The molecule has 1 aromatic rings. The molecule has 0 aliphatic carbocycles. The molecule has 0 saturated carbocycles. The Morgan fingerprint density at radius 3 is 2.74 bits per heavy atom. The lowest BCUT2D eigenvalue weighted by atomic mass is 9.93. The quantitative estimate of drug-likeness (QED) is 0.902. The van der Waals surface area contributed by atoms with Crippen molar-refractivity contribution in [2.45, 2.75) is 32.7 Å². The van der Waals surface area contributed by atoms with Gasteiger partial charge in [-0.15, -0.1) is 0 Å². The fraction of sp³-hybridized carbons (Fsp3) is 0.562. The van der Waals surface area contributed by atoms with Crippen LogP contribution in [0, 0.1) is 5.92 Å². The highest BCUT2D eigenvalue weighted by atomic mass is 16.2. The third-order valence-corrected chi connectivity index (χ3v) is 3.87. The third kappa shape index (κ3) is 3.57. The molecule has 1 amide bonds. The normalized spacial score (nSPS) is 23.4. The molecule has 1 N–H and O–H groups in total. The monoisotopic (exact) mass is 260 g/mol. The van der Waals surface area contributed by atoms with Crippen molar-refractivity contribution in [3.63, 3.8) is 0 Å². The Balaban J connectivity index is 1.93. The van der Waals surface area contributed by atoms with Crippen LogP contribution in [0.1, 0.15) is 37.0 Å². The number of hydrogen-bond acceptors (Lipinski definition) is 2. The predicted octanol–water partition coefficient (Wildman–Crippen LogP) is 2.54. The van der Waals surface area contributed by atoms with Crippen molar-refractivity contribution in [1.82, 2.24) is 10.2 Å². The van der Waals surface area contributed by atoms with Gasteiger partial charge in [-0.3, -0.25) is 4.79 Å². The summed E-state index contributed by atoms with van der Waals surface area (Å²) in [6.45, 7) is 7.21. The molecule has 1 heterocycles. The second-order valence-corrected chi connectivity index (χ2v) is 5.44. The Kier molecular flexibility index (Phi) is 4.97. The number of rotatable bonds is 4. The van der Waals surface area contributed by atoms with Crippen LogP contribution in [0.15, 0.2) is 30.3 Å². The SMILES string of the molecule is CCCNC1CCN(C(=O)c2ccccc2)CC1C. The van der Waals surface area contributed by atoms with Gasteiger partial charge in [0, 0.05) is 24.7 Å². The van der Waals surface area contributed by atoms with Crippen molar-refractivity contribution in [2.75, 3.05) is 19.6 Å². The predicted molar refractivity (Wildman–Crippen MR) is 78.2 cm³/mol. The molecule has 1 aliphatic rings. The summed E-state index contributed by atoms with van der Waals surface area (Å²) >= 11 is 0. The van der Waals surface area contributed by atoms with Crippen LogP contribution in [0.3, 0.4) is 0 Å². The minimum atomic E-state index is 0.168. The Morgan fingerprint density at radius 1 is 1.37 bits per heavy atom. The van der Waals surface area contributed by atoms with Gasteiger partial charge in [0.1, 0.15) is 0 Å². The van der Waals surface area contributed by atoms with Crippen LogP contribution >= 0.6 is 0 Å². The largest absolute Gasteiger partial charge is 0.338 e. The van der Waals surface area contributed by atoms with E-state index in [1.54, 1.807) is 0 Å². The smallest absolute Gasteiger partial charge is 0.253 e. The fourth-order valence-corrected chi connectivity index (χ4v) is 2.73. The van der Waals surface area contributed by atoms with Crippen molar-refractivity contribution < 1.29 is 4.79 Å². The van der Waals surface area contributed by atoms with Gasteiger partial charge in [0.25, 0.3) is 5.91 Å². The van der Waals surface area contributed by atoms with E-state index in [-0.39, 0.29) is 5.91 Å². The summed E-state index contributed by atoms with van der Waals surface area (Å²) in [4.78, 5) is 14.4. The van der Waals surface area contributed by atoms with Gasteiger partial charge in [-0.05, 0) is 37.4 Å². The first-order valence-corrected chi connectivity index (χ1v) is 7.30. The molecule has 0 bridgehead atoms. The Morgan fingerprint density at radius 2 is 2.11 bits per heavy atom. The molecule has 0 radical (unpaired) electrons. The molecule has 0 aromatic heterocycles. The van der Waals surface area contributed by atoms with Gasteiger partial charge in [-0.1, -0.05) is 32.0 Å². The number of hydrogen-bond donors (Lipinski definition) is 1. The molecule has 0 spiro atoms. The minimum absolute atomic E-state index is 0.168. The van der Waals surface area contributed by atoms with Crippen LogP contribution < -0.4 is 5.32 Å². The van der Waals surface area contributed by atoms with Crippen molar-refractivity contribution >= 4 is 5.91 Å². The summed E-state index contributed by atoms with van der Waals surface area (Å²) in [6, 6.07) is 10.1. The van der Waals surface area contributed by atoms with E-state index in [1.807, 2.05) is 35.2 Å². The van der Waals surface area contributed by atoms with E-state index in [0.29, 0.717) is 12.0 Å². The molecule has 2 atom stereocenters. The molecule has 19 heavy (non-hydrogen) atoms. The van der Waals surface area contributed by atoms with Crippen molar-refractivity contribution in [3.05, 3.63) is 35.9 Å². The number of nitrogens with one attached hydrogen (secondary N) is 1. The first-order chi connectivity index (χ1) is 9.22. The van der Waals surface area contributed by atoms with Gasteiger partial charge in [-0.25, -0.2) is 0 Å². The van der Waals surface area contributed by atoms with Crippen molar-refractivity contribution in [2.24, 2.45) is 5.92 Å². The van der Waals surface area contributed by atoms with Crippen LogP contribution in [-0.2, 0) is 0 Å². The second-order valence-electron chi connectivity index (χ2n) is 5.44. The molecular formula is C16H24N2O. The molecule has 1 aromatic carbocycles. The topological polar surface area (TPSA) is 32.3 Å². The zero-order valence-corrected chi connectivity index (χ0v) is 11.9. The summed E-state index contributed by atoms with van der Waals surface area (Å²) in [7, 11) is 0. The van der Waals surface area contributed by atoms with Crippen LogP contribution in [0.5, 0.6) is 0 Å². The summed E-state index contributed by atoms with van der Waals surface area (Å²) < 4.78 is 0. The zero-order chi connectivity index (χ0) is 13.7. The van der Waals surface area contributed by atoms with Gasteiger partial charge < -0.3 is 10.2 Å². The lowest BCUT2D eigenvalue weighted by molar-refractivity contribution is 0.0645. The van der Waals surface area contributed by atoms with E-state index in [1.165, 1.54) is 0 Å².